The smallest absolute Gasteiger partial charge is 0.257 e. The molecule has 0 unspecified atom stereocenters. The predicted octanol–water partition coefficient (Wildman–Crippen LogP) is 1.47. The number of amides is 1. The monoisotopic (exact) mass is 167 g/mol. The summed E-state index contributed by atoms with van der Waals surface area (Å²) in [5, 5.41) is 0. The molecule has 0 saturated heterocycles. The largest absolute Gasteiger partial charge is 0.287 e. The highest BCUT2D eigenvalue weighted by Crippen LogP contribution is 1.98. The van der Waals surface area contributed by atoms with Gasteiger partial charge in [-0.25, -0.2) is 4.39 Å². The van der Waals surface area contributed by atoms with E-state index in [2.05, 4.69) is 16.4 Å². The molecule has 2 nitrogen and oxygen atoms in total. The topological polar surface area (TPSA) is 29.1 Å². The minimum Gasteiger partial charge on any atom is -0.287 e. The second kappa shape index (κ2) is 4.69. The van der Waals surface area contributed by atoms with Crippen LogP contribution in [0.1, 0.15) is 6.92 Å². The van der Waals surface area contributed by atoms with E-state index in [1.165, 1.54) is 6.92 Å². The lowest BCUT2D eigenvalue weighted by atomic mass is 10.5. The molecular weight excluding hydrogens is 161 g/mol. The molecule has 0 spiro atoms. The maximum Gasteiger partial charge on any atom is 0.257 e. The molecule has 1 N–H and O–H groups in total. The number of carbonyl (C=O) groups excluding carboxylic acids is 1. The Morgan fingerprint density at radius 1 is 1.89 bits per heavy atom. The predicted molar refractivity (Wildman–Crippen MR) is 39.6 cm³/mol. The van der Waals surface area contributed by atoms with Crippen LogP contribution in [0.4, 0.5) is 4.39 Å². The summed E-state index contributed by atoms with van der Waals surface area (Å²) < 4.78 is 14.0. The van der Waals surface area contributed by atoms with E-state index in [0.717, 1.165) is 17.1 Å². The van der Waals surface area contributed by atoms with Crippen molar-refractivity contribution in [1.82, 2.24) is 4.72 Å². The van der Waals surface area contributed by atoms with Gasteiger partial charge < -0.3 is 0 Å². The Morgan fingerprint density at radius 3 is 2.78 bits per heavy atom. The third kappa shape index (κ3) is 5.72. The lowest BCUT2D eigenvalue weighted by molar-refractivity contribution is -0.114. The average Bonchev–Trinajstić information content (AvgIpc) is 1.63. The van der Waals surface area contributed by atoms with Crippen LogP contribution >= 0.6 is 22.6 Å². The first-order chi connectivity index (χ1) is 4.16. The van der Waals surface area contributed by atoms with E-state index in [-0.39, 0.29) is 0 Å². The zero-order valence-corrected chi connectivity index (χ0v) is 6.43. The van der Waals surface area contributed by atoms with Gasteiger partial charge in [-0.1, -0.05) is 11.7 Å². The summed E-state index contributed by atoms with van der Waals surface area (Å²) in [7, 11) is 0.835. The number of carbonyl (C=O) groups is 1. The highest BCUT2D eigenvalue weighted by atomic mass is 33.1. The van der Waals surface area contributed by atoms with Crippen molar-refractivity contribution in [3.8, 4) is 0 Å². The molecule has 0 heterocycles. The van der Waals surface area contributed by atoms with Crippen LogP contribution in [0.25, 0.3) is 0 Å². The van der Waals surface area contributed by atoms with Crippen molar-refractivity contribution in [3.05, 3.63) is 11.9 Å². The van der Waals surface area contributed by atoms with Crippen molar-refractivity contribution in [2.75, 3.05) is 0 Å². The van der Waals surface area contributed by atoms with Crippen LogP contribution in [0.2, 0.25) is 0 Å². The van der Waals surface area contributed by atoms with Gasteiger partial charge in [0.15, 0.2) is 0 Å². The number of thiol groups is 1. The second-order valence-corrected chi connectivity index (χ2v) is 2.22. The van der Waals surface area contributed by atoms with Crippen LogP contribution in [-0.4, -0.2) is 5.91 Å². The van der Waals surface area contributed by atoms with Crippen molar-refractivity contribution in [3.63, 3.8) is 0 Å². The molecule has 0 aromatic rings. The molecule has 0 aromatic heterocycles. The van der Waals surface area contributed by atoms with Gasteiger partial charge in [-0.3, -0.25) is 9.52 Å². The molecule has 1 amide bonds. The average molecular weight is 167 g/mol. The molecule has 9 heavy (non-hydrogen) atoms. The second-order valence-electron chi connectivity index (χ2n) is 1.29. The SMILES string of the molecule is C/C(F)=C/C(=O)NSS. The molecule has 0 fully saturated rings. The van der Waals surface area contributed by atoms with Gasteiger partial charge in [0.25, 0.3) is 5.91 Å². The fourth-order valence-corrected chi connectivity index (χ4v) is 0.674. The quantitative estimate of drug-likeness (QED) is 0.282. The van der Waals surface area contributed by atoms with E-state index in [4.69, 9.17) is 0 Å². The minimum absolute atomic E-state index is 0.491. The summed E-state index contributed by atoms with van der Waals surface area (Å²) in [6.45, 7) is 1.20. The molecule has 0 rings (SSSR count). The maximum absolute atomic E-state index is 11.8. The number of hydrogen-bond donors (Lipinski definition) is 2. The Balaban J connectivity index is 3.63. The van der Waals surface area contributed by atoms with Crippen molar-refractivity contribution in [1.29, 1.82) is 0 Å². The van der Waals surface area contributed by atoms with Crippen LogP contribution in [0.3, 0.4) is 0 Å². The van der Waals surface area contributed by atoms with Gasteiger partial charge in [0, 0.05) is 17.1 Å². The lowest BCUT2D eigenvalue weighted by Crippen LogP contribution is -2.10. The van der Waals surface area contributed by atoms with Gasteiger partial charge in [0.1, 0.15) is 5.83 Å². The van der Waals surface area contributed by atoms with Gasteiger partial charge in [-0.2, -0.15) is 0 Å². The summed E-state index contributed by atoms with van der Waals surface area (Å²) in [6.07, 6.45) is 0.850. The fourth-order valence-electron chi connectivity index (χ4n) is 0.255. The van der Waals surface area contributed by atoms with E-state index in [1.54, 1.807) is 0 Å². The lowest BCUT2D eigenvalue weighted by Gasteiger charge is -1.90. The van der Waals surface area contributed by atoms with Gasteiger partial charge in [0.2, 0.25) is 0 Å². The van der Waals surface area contributed by atoms with Gasteiger partial charge >= 0.3 is 0 Å². The summed E-state index contributed by atoms with van der Waals surface area (Å²) in [5.74, 6) is -1.01. The van der Waals surface area contributed by atoms with E-state index >= 15 is 0 Å². The molecule has 0 bridgehead atoms. The van der Waals surface area contributed by atoms with E-state index in [1.807, 2.05) is 0 Å². The normalized spacial score (nSPS) is 11.2. The first-order valence-corrected chi connectivity index (χ1v) is 3.98. The van der Waals surface area contributed by atoms with Crippen LogP contribution < -0.4 is 4.72 Å². The highest BCUT2D eigenvalue weighted by Gasteiger charge is 1.93. The number of hydrogen-bond acceptors (Lipinski definition) is 3. The Kier molecular flexibility index (Phi) is 4.61. The molecule has 0 aliphatic heterocycles. The Labute approximate surface area is 61.8 Å². The van der Waals surface area contributed by atoms with Crippen LogP contribution in [0.15, 0.2) is 11.9 Å². The molecule has 0 atom stereocenters. The number of halogens is 1. The first-order valence-electron chi connectivity index (χ1n) is 2.11. The fraction of sp³-hybridized carbons (Fsp3) is 0.250. The molecule has 52 valence electrons. The van der Waals surface area contributed by atoms with Gasteiger partial charge in [-0.05, 0) is 6.92 Å². The van der Waals surface area contributed by atoms with Crippen LogP contribution in [0, 0.1) is 0 Å². The molecule has 0 aromatic carbocycles. The van der Waals surface area contributed by atoms with E-state index in [0.29, 0.717) is 0 Å². The standard InChI is InChI=1S/C4H6FNOS2/c1-3(5)2-4(7)6-9-8/h2,8H,1H3,(H,6,7)/b3-2-. The number of nitrogens with one attached hydrogen (secondary N) is 1. The molecule has 0 radical (unpaired) electrons. The molecule has 0 saturated carbocycles. The Hall–Kier alpha value is -0.160. The summed E-state index contributed by atoms with van der Waals surface area (Å²) in [4.78, 5) is 10.4. The Bertz CT molecular complexity index is 133. The van der Waals surface area contributed by atoms with E-state index in [9.17, 15) is 9.18 Å². The van der Waals surface area contributed by atoms with Crippen molar-refractivity contribution in [2.24, 2.45) is 0 Å². The zero-order valence-electron chi connectivity index (χ0n) is 4.72. The number of allylic oxidation sites excluding steroid dienone is 1. The molecular formula is C4H6FNOS2. The molecule has 5 heteroatoms. The van der Waals surface area contributed by atoms with Crippen molar-refractivity contribution >= 4 is 28.5 Å². The third-order valence-corrected chi connectivity index (χ3v) is 1.04. The molecule has 0 aliphatic rings. The number of rotatable bonds is 2. The maximum atomic E-state index is 11.8. The van der Waals surface area contributed by atoms with Crippen LogP contribution in [0.5, 0.6) is 0 Å². The Morgan fingerprint density at radius 2 is 2.44 bits per heavy atom. The summed E-state index contributed by atoms with van der Waals surface area (Å²) >= 11 is 3.62. The summed E-state index contributed by atoms with van der Waals surface area (Å²) in [6, 6.07) is 0. The van der Waals surface area contributed by atoms with Crippen molar-refractivity contribution < 1.29 is 9.18 Å². The minimum atomic E-state index is -0.519. The highest BCUT2D eigenvalue weighted by molar-refractivity contribution is 8.68. The van der Waals surface area contributed by atoms with Crippen LogP contribution in [-0.2, 0) is 4.79 Å². The first kappa shape index (κ1) is 8.84. The summed E-state index contributed by atoms with van der Waals surface area (Å²) in [5.41, 5.74) is 0. The van der Waals surface area contributed by atoms with E-state index < -0.39 is 11.7 Å². The van der Waals surface area contributed by atoms with Crippen molar-refractivity contribution in [2.45, 2.75) is 6.92 Å². The van der Waals surface area contributed by atoms with Gasteiger partial charge in [0.05, 0.1) is 0 Å². The molecule has 0 aliphatic carbocycles. The third-order valence-electron chi connectivity index (χ3n) is 0.476. The zero-order chi connectivity index (χ0) is 7.28. The van der Waals surface area contributed by atoms with Gasteiger partial charge in [-0.15, -0.1) is 0 Å².